The third-order valence-electron chi connectivity index (χ3n) is 4.39. The minimum Gasteiger partial charge on any atom is -0.496 e. The van der Waals surface area contributed by atoms with E-state index in [0.717, 1.165) is 37.2 Å². The molecule has 1 fully saturated rings. The standard InChI is InChI=1S/C17H26N2O3/c1-13(15-5-3-4-6-16(15)22-2)11-18-17(21)19-9-7-14(12-20)8-10-19/h3-6,13-14,20H,7-12H2,1-2H3,(H,18,21). The molecule has 0 aliphatic carbocycles. The van der Waals surface area contributed by atoms with Crippen LogP contribution in [-0.4, -0.2) is 49.4 Å². The minimum atomic E-state index is -0.0156. The van der Waals surface area contributed by atoms with Crippen LogP contribution < -0.4 is 10.1 Å². The first-order chi connectivity index (χ1) is 10.7. The van der Waals surface area contributed by atoms with Crippen molar-refractivity contribution in [1.82, 2.24) is 10.2 Å². The highest BCUT2D eigenvalue weighted by atomic mass is 16.5. The van der Waals surface area contributed by atoms with E-state index < -0.39 is 0 Å². The van der Waals surface area contributed by atoms with Crippen molar-refractivity contribution in [2.45, 2.75) is 25.7 Å². The third-order valence-corrected chi connectivity index (χ3v) is 4.39. The summed E-state index contributed by atoms with van der Waals surface area (Å²) in [4.78, 5) is 14.0. The predicted octanol–water partition coefficient (Wildman–Crippen LogP) is 2.21. The number of para-hydroxylation sites is 1. The molecule has 0 saturated carbocycles. The van der Waals surface area contributed by atoms with Crippen LogP contribution in [0.1, 0.15) is 31.2 Å². The Hall–Kier alpha value is -1.75. The van der Waals surface area contributed by atoms with E-state index in [1.54, 1.807) is 7.11 Å². The first kappa shape index (κ1) is 16.6. The molecular formula is C17H26N2O3. The molecule has 5 nitrogen and oxygen atoms in total. The van der Waals surface area contributed by atoms with Crippen molar-refractivity contribution in [1.29, 1.82) is 0 Å². The summed E-state index contributed by atoms with van der Waals surface area (Å²) >= 11 is 0. The lowest BCUT2D eigenvalue weighted by molar-refractivity contribution is 0.137. The summed E-state index contributed by atoms with van der Waals surface area (Å²) in [6.45, 7) is 4.33. The fourth-order valence-electron chi connectivity index (χ4n) is 2.85. The number of nitrogens with one attached hydrogen (secondary N) is 1. The lowest BCUT2D eigenvalue weighted by Gasteiger charge is -2.31. The minimum absolute atomic E-state index is 0.0156. The Labute approximate surface area is 132 Å². The summed E-state index contributed by atoms with van der Waals surface area (Å²) in [5.41, 5.74) is 1.10. The van der Waals surface area contributed by atoms with Gasteiger partial charge in [0.05, 0.1) is 7.11 Å². The van der Waals surface area contributed by atoms with Gasteiger partial charge in [0.1, 0.15) is 5.75 Å². The number of rotatable bonds is 5. The molecule has 1 atom stereocenters. The van der Waals surface area contributed by atoms with Crippen LogP contribution in [0.2, 0.25) is 0 Å². The van der Waals surface area contributed by atoms with Gasteiger partial charge in [-0.15, -0.1) is 0 Å². The molecule has 1 unspecified atom stereocenters. The predicted molar refractivity (Wildman–Crippen MR) is 86.2 cm³/mol. The molecule has 1 saturated heterocycles. The first-order valence-electron chi connectivity index (χ1n) is 7.92. The van der Waals surface area contributed by atoms with Gasteiger partial charge in [-0.1, -0.05) is 25.1 Å². The summed E-state index contributed by atoms with van der Waals surface area (Å²) in [7, 11) is 1.66. The number of benzene rings is 1. The van der Waals surface area contributed by atoms with Crippen molar-refractivity contribution in [3.05, 3.63) is 29.8 Å². The zero-order valence-corrected chi connectivity index (χ0v) is 13.4. The van der Waals surface area contributed by atoms with E-state index in [9.17, 15) is 4.79 Å². The fraction of sp³-hybridized carbons (Fsp3) is 0.588. The topological polar surface area (TPSA) is 61.8 Å². The van der Waals surface area contributed by atoms with Crippen molar-refractivity contribution in [3.8, 4) is 5.75 Å². The summed E-state index contributed by atoms with van der Waals surface area (Å²) in [5.74, 6) is 1.39. The van der Waals surface area contributed by atoms with E-state index in [-0.39, 0.29) is 18.6 Å². The van der Waals surface area contributed by atoms with Gasteiger partial charge in [-0.3, -0.25) is 0 Å². The average molecular weight is 306 g/mol. The molecule has 0 bridgehead atoms. The molecule has 1 aliphatic heterocycles. The van der Waals surface area contributed by atoms with Crippen LogP contribution >= 0.6 is 0 Å². The largest absolute Gasteiger partial charge is 0.496 e. The molecule has 122 valence electrons. The van der Waals surface area contributed by atoms with Crippen LogP contribution in [0.3, 0.4) is 0 Å². The normalized spacial score (nSPS) is 17.1. The quantitative estimate of drug-likeness (QED) is 0.877. The maximum atomic E-state index is 12.2. The first-order valence-corrected chi connectivity index (χ1v) is 7.92. The number of amides is 2. The molecular weight excluding hydrogens is 280 g/mol. The van der Waals surface area contributed by atoms with E-state index >= 15 is 0 Å². The van der Waals surface area contributed by atoms with Gasteiger partial charge in [-0.25, -0.2) is 4.79 Å². The Balaban J connectivity index is 1.83. The number of hydrogen-bond acceptors (Lipinski definition) is 3. The van der Waals surface area contributed by atoms with Crippen molar-refractivity contribution in [2.75, 3.05) is 33.4 Å². The smallest absolute Gasteiger partial charge is 0.317 e. The van der Waals surface area contributed by atoms with E-state index in [2.05, 4.69) is 12.2 Å². The van der Waals surface area contributed by atoms with Crippen LogP contribution in [0, 0.1) is 5.92 Å². The second-order valence-electron chi connectivity index (χ2n) is 5.94. The van der Waals surface area contributed by atoms with E-state index in [1.807, 2.05) is 29.2 Å². The van der Waals surface area contributed by atoms with Gasteiger partial charge < -0.3 is 20.1 Å². The molecule has 22 heavy (non-hydrogen) atoms. The van der Waals surface area contributed by atoms with Crippen LogP contribution in [0.5, 0.6) is 5.75 Å². The monoisotopic (exact) mass is 306 g/mol. The van der Waals surface area contributed by atoms with Crippen molar-refractivity contribution in [2.24, 2.45) is 5.92 Å². The number of methoxy groups -OCH3 is 1. The average Bonchev–Trinajstić information content (AvgIpc) is 2.59. The summed E-state index contributed by atoms with van der Waals surface area (Å²) in [5, 5.41) is 12.1. The van der Waals surface area contributed by atoms with Gasteiger partial charge in [0.2, 0.25) is 0 Å². The molecule has 1 aromatic carbocycles. The number of urea groups is 1. The van der Waals surface area contributed by atoms with Gasteiger partial charge in [0.15, 0.2) is 0 Å². The summed E-state index contributed by atoms with van der Waals surface area (Å²) in [6, 6.07) is 7.88. The maximum absolute atomic E-state index is 12.2. The molecule has 0 spiro atoms. The molecule has 5 heteroatoms. The van der Waals surface area contributed by atoms with Crippen LogP contribution in [-0.2, 0) is 0 Å². The fourth-order valence-corrected chi connectivity index (χ4v) is 2.85. The van der Waals surface area contributed by atoms with Crippen LogP contribution in [0.4, 0.5) is 4.79 Å². The zero-order chi connectivity index (χ0) is 15.9. The third kappa shape index (κ3) is 4.13. The molecule has 2 N–H and O–H groups in total. The van der Waals surface area contributed by atoms with Gasteiger partial charge in [0, 0.05) is 32.2 Å². The van der Waals surface area contributed by atoms with Gasteiger partial charge >= 0.3 is 6.03 Å². The highest BCUT2D eigenvalue weighted by Gasteiger charge is 2.22. The lowest BCUT2D eigenvalue weighted by atomic mass is 9.98. The molecule has 2 amide bonds. The number of piperidine rings is 1. The SMILES string of the molecule is COc1ccccc1C(C)CNC(=O)N1CCC(CO)CC1. The Morgan fingerprint density at radius 3 is 2.73 bits per heavy atom. The molecule has 0 radical (unpaired) electrons. The highest BCUT2D eigenvalue weighted by molar-refractivity contribution is 5.74. The Kier molecular flexibility index (Phi) is 6.07. The molecule has 1 heterocycles. The second-order valence-corrected chi connectivity index (χ2v) is 5.94. The number of hydrogen-bond donors (Lipinski definition) is 2. The van der Waals surface area contributed by atoms with Gasteiger partial charge in [0.25, 0.3) is 0 Å². The van der Waals surface area contributed by atoms with Crippen LogP contribution in [0.15, 0.2) is 24.3 Å². The lowest BCUT2D eigenvalue weighted by Crippen LogP contribution is -2.45. The maximum Gasteiger partial charge on any atom is 0.317 e. The number of aliphatic hydroxyl groups is 1. The zero-order valence-electron chi connectivity index (χ0n) is 13.4. The van der Waals surface area contributed by atoms with Crippen molar-refractivity contribution in [3.63, 3.8) is 0 Å². The molecule has 0 aromatic heterocycles. The van der Waals surface area contributed by atoms with Gasteiger partial charge in [-0.05, 0) is 30.4 Å². The number of nitrogens with zero attached hydrogens (tertiary/aromatic N) is 1. The number of likely N-dealkylation sites (tertiary alicyclic amines) is 1. The Morgan fingerprint density at radius 1 is 1.41 bits per heavy atom. The number of carbonyl (C=O) groups is 1. The van der Waals surface area contributed by atoms with E-state index in [0.29, 0.717) is 12.5 Å². The van der Waals surface area contributed by atoms with Crippen LogP contribution in [0.25, 0.3) is 0 Å². The van der Waals surface area contributed by atoms with Crippen molar-refractivity contribution >= 4 is 6.03 Å². The Morgan fingerprint density at radius 2 is 2.09 bits per heavy atom. The number of carbonyl (C=O) groups excluding carboxylic acids is 1. The van der Waals surface area contributed by atoms with E-state index in [4.69, 9.17) is 9.84 Å². The summed E-state index contributed by atoms with van der Waals surface area (Å²) in [6.07, 6.45) is 1.76. The molecule has 1 aromatic rings. The van der Waals surface area contributed by atoms with Gasteiger partial charge in [-0.2, -0.15) is 0 Å². The highest BCUT2D eigenvalue weighted by Crippen LogP contribution is 2.25. The Bertz CT molecular complexity index is 485. The molecule has 1 aliphatic rings. The number of aliphatic hydroxyl groups excluding tert-OH is 1. The van der Waals surface area contributed by atoms with Crippen molar-refractivity contribution < 1.29 is 14.6 Å². The second kappa shape index (κ2) is 8.03. The summed E-state index contributed by atoms with van der Waals surface area (Å²) < 4.78 is 5.37. The number of ether oxygens (including phenoxy) is 1. The van der Waals surface area contributed by atoms with E-state index in [1.165, 1.54) is 0 Å². The molecule has 2 rings (SSSR count).